The Balaban J connectivity index is 1.56. The van der Waals surface area contributed by atoms with Crippen molar-refractivity contribution in [2.75, 3.05) is 39.1 Å². The summed E-state index contributed by atoms with van der Waals surface area (Å²) in [5, 5.41) is 10.1. The molecule has 0 radical (unpaired) electrons. The predicted molar refractivity (Wildman–Crippen MR) is 186 cm³/mol. The molecule has 0 aliphatic heterocycles. The van der Waals surface area contributed by atoms with Crippen LogP contribution >= 0.6 is 0 Å². The Labute approximate surface area is 280 Å². The Morgan fingerprint density at radius 3 is 2.38 bits per heavy atom. The Bertz CT molecular complexity index is 1910. The van der Waals surface area contributed by atoms with E-state index in [2.05, 4.69) is 20.9 Å². The van der Waals surface area contributed by atoms with Crippen LogP contribution in [0.15, 0.2) is 59.5 Å². The molecule has 1 aromatic heterocycles. The third-order valence-corrected chi connectivity index (χ3v) is 8.43. The molecule has 1 aliphatic carbocycles. The number of ether oxygens (including phenoxy) is 4. The molecule has 5 rings (SSSR count). The molecule has 252 valence electrons. The summed E-state index contributed by atoms with van der Waals surface area (Å²) in [6.07, 6.45) is 3.18. The number of nitrogens with one attached hydrogen (secondary N) is 3. The summed E-state index contributed by atoms with van der Waals surface area (Å²) in [7, 11) is 6.26. The summed E-state index contributed by atoms with van der Waals surface area (Å²) in [6.45, 7) is 5.48. The van der Waals surface area contributed by atoms with Crippen LogP contribution in [0.3, 0.4) is 0 Å². The van der Waals surface area contributed by atoms with Gasteiger partial charge in [0.05, 0.1) is 57.6 Å². The van der Waals surface area contributed by atoms with Crippen LogP contribution in [0.2, 0.25) is 0 Å². The number of carbonyl (C=O) groups is 2. The van der Waals surface area contributed by atoms with Crippen LogP contribution in [0.5, 0.6) is 23.0 Å². The maximum atomic E-state index is 13.9. The van der Waals surface area contributed by atoms with Crippen molar-refractivity contribution < 1.29 is 28.5 Å². The van der Waals surface area contributed by atoms with Crippen molar-refractivity contribution in [3.63, 3.8) is 0 Å². The van der Waals surface area contributed by atoms with Gasteiger partial charge in [0.2, 0.25) is 23.0 Å². The number of anilines is 2. The molecule has 0 bridgehead atoms. The first-order valence-electron chi connectivity index (χ1n) is 15.9. The molecule has 0 saturated heterocycles. The van der Waals surface area contributed by atoms with Gasteiger partial charge in [-0.2, -0.15) is 0 Å². The minimum atomic E-state index is -0.733. The number of methoxy groups -OCH3 is 4. The van der Waals surface area contributed by atoms with Crippen molar-refractivity contribution in [3.05, 3.63) is 76.1 Å². The molecule has 11 nitrogen and oxygen atoms in total. The lowest BCUT2D eigenvalue weighted by Crippen LogP contribution is -2.37. The molecular formula is C37H42N4O7. The number of aryl methyl sites for hydroxylation is 1. The summed E-state index contributed by atoms with van der Waals surface area (Å²) in [5.41, 5.74) is 4.20. The minimum absolute atomic E-state index is 0.141. The summed E-state index contributed by atoms with van der Waals surface area (Å²) in [4.78, 5) is 44.4. The quantitative estimate of drug-likeness (QED) is 0.181. The number of carbonyl (C=O) groups excluding carboxylic acids is 2. The number of aromatic nitrogens is 1. The summed E-state index contributed by atoms with van der Waals surface area (Å²) >= 11 is 0. The summed E-state index contributed by atoms with van der Waals surface area (Å²) < 4.78 is 22.5. The van der Waals surface area contributed by atoms with E-state index in [4.69, 9.17) is 18.9 Å². The Hall–Kier alpha value is -5.32. The van der Waals surface area contributed by atoms with Crippen molar-refractivity contribution in [2.45, 2.75) is 52.1 Å². The van der Waals surface area contributed by atoms with Gasteiger partial charge < -0.3 is 34.9 Å². The molecular weight excluding hydrogens is 612 g/mol. The third-order valence-electron chi connectivity index (χ3n) is 8.43. The van der Waals surface area contributed by atoms with E-state index in [0.717, 1.165) is 22.0 Å². The standard InChI is InChI=1S/C37H42N4O7/c1-20(2)14-31(37(44)40-24-15-22-8-10-25(45-4)17-30(22)38-19-24)41-29-13-11-26-27(18-32(29)43)28(39-21(3)42)12-9-23-16-33(46-5)35(47-6)36(48-7)34(23)26/h8,10-11,13,15-20,28,31H,9,12,14H2,1-7H3,(H,39,42)(H,40,44)(H,41,43)/t28-,31-/m0/s1. The fourth-order valence-electron chi connectivity index (χ4n) is 6.24. The Kier molecular flexibility index (Phi) is 10.4. The Morgan fingerprint density at radius 1 is 0.938 bits per heavy atom. The number of hydrogen-bond acceptors (Lipinski definition) is 9. The minimum Gasteiger partial charge on any atom is -0.497 e. The van der Waals surface area contributed by atoms with Crippen LogP contribution in [0, 0.1) is 5.92 Å². The van der Waals surface area contributed by atoms with E-state index in [-0.39, 0.29) is 28.8 Å². The second kappa shape index (κ2) is 14.6. The van der Waals surface area contributed by atoms with Gasteiger partial charge in [0.15, 0.2) is 11.5 Å². The molecule has 4 aromatic rings. The van der Waals surface area contributed by atoms with Gasteiger partial charge in [-0.1, -0.05) is 19.9 Å². The lowest BCUT2D eigenvalue weighted by molar-refractivity contribution is -0.120. The SMILES string of the molecule is COc1ccc2cc(NC(=O)[C@H](CC(C)C)Nc3ccc4c(cc3=O)[C@@H](NC(C)=O)CCc3cc(OC)c(OC)c(OC)c3-4)cnc2c1. The van der Waals surface area contributed by atoms with Gasteiger partial charge in [0.25, 0.3) is 0 Å². The van der Waals surface area contributed by atoms with E-state index in [9.17, 15) is 14.4 Å². The molecule has 3 aromatic carbocycles. The van der Waals surface area contributed by atoms with E-state index in [1.165, 1.54) is 20.1 Å². The number of benzene rings is 2. The number of hydrogen-bond donors (Lipinski definition) is 3. The molecule has 3 N–H and O–H groups in total. The van der Waals surface area contributed by atoms with E-state index >= 15 is 0 Å². The Morgan fingerprint density at radius 2 is 1.71 bits per heavy atom. The lowest BCUT2D eigenvalue weighted by Gasteiger charge is -2.20. The maximum absolute atomic E-state index is 13.9. The van der Waals surface area contributed by atoms with Crippen LogP contribution in [0.25, 0.3) is 22.0 Å². The average molecular weight is 655 g/mol. The number of fused-ring (bicyclic) bond motifs is 4. The molecule has 2 atom stereocenters. The average Bonchev–Trinajstić information content (AvgIpc) is 3.31. The predicted octanol–water partition coefficient (Wildman–Crippen LogP) is 5.89. The topological polar surface area (TPSA) is 137 Å². The third kappa shape index (κ3) is 7.15. The van der Waals surface area contributed by atoms with Gasteiger partial charge in [-0.15, -0.1) is 0 Å². The number of nitrogens with zero attached hydrogens (tertiary/aromatic N) is 1. The van der Waals surface area contributed by atoms with Gasteiger partial charge in [-0.3, -0.25) is 19.4 Å². The van der Waals surface area contributed by atoms with Crippen LogP contribution < -0.4 is 40.3 Å². The highest BCUT2D eigenvalue weighted by atomic mass is 16.5. The second-order valence-electron chi connectivity index (χ2n) is 12.2. The van der Waals surface area contributed by atoms with Crippen molar-refractivity contribution in [1.29, 1.82) is 0 Å². The van der Waals surface area contributed by atoms with E-state index < -0.39 is 12.1 Å². The zero-order valence-electron chi connectivity index (χ0n) is 28.4. The number of pyridine rings is 1. The van der Waals surface area contributed by atoms with Gasteiger partial charge in [-0.05, 0) is 78.3 Å². The lowest BCUT2D eigenvalue weighted by atomic mass is 9.95. The van der Waals surface area contributed by atoms with Crippen LogP contribution in [0.1, 0.15) is 50.8 Å². The van der Waals surface area contributed by atoms with Gasteiger partial charge in [-0.25, -0.2) is 0 Å². The molecule has 2 amide bonds. The fraction of sp³-hybridized carbons (Fsp3) is 0.351. The monoisotopic (exact) mass is 654 g/mol. The van der Waals surface area contributed by atoms with Crippen LogP contribution in [-0.4, -0.2) is 51.3 Å². The summed E-state index contributed by atoms with van der Waals surface area (Å²) in [6, 6.07) is 13.2. The maximum Gasteiger partial charge on any atom is 0.246 e. The first-order chi connectivity index (χ1) is 23.1. The first kappa shape index (κ1) is 34.0. The van der Waals surface area contributed by atoms with E-state index in [1.807, 2.05) is 50.2 Å². The van der Waals surface area contributed by atoms with Gasteiger partial charge in [0.1, 0.15) is 11.8 Å². The highest BCUT2D eigenvalue weighted by Crippen LogP contribution is 2.50. The first-order valence-corrected chi connectivity index (χ1v) is 15.9. The highest BCUT2D eigenvalue weighted by Gasteiger charge is 2.30. The molecule has 48 heavy (non-hydrogen) atoms. The van der Waals surface area contributed by atoms with Crippen molar-refractivity contribution >= 4 is 34.1 Å². The molecule has 11 heteroatoms. The largest absolute Gasteiger partial charge is 0.497 e. The van der Waals surface area contributed by atoms with Crippen LogP contribution in [0.4, 0.5) is 11.4 Å². The molecule has 1 aliphatic rings. The van der Waals surface area contributed by atoms with Crippen molar-refractivity contribution in [3.8, 4) is 34.1 Å². The zero-order valence-corrected chi connectivity index (χ0v) is 28.4. The van der Waals surface area contributed by atoms with Crippen molar-refractivity contribution in [1.82, 2.24) is 10.3 Å². The number of rotatable bonds is 11. The van der Waals surface area contributed by atoms with E-state index in [0.29, 0.717) is 59.1 Å². The smallest absolute Gasteiger partial charge is 0.246 e. The highest BCUT2D eigenvalue weighted by molar-refractivity contribution is 5.98. The molecule has 0 spiro atoms. The van der Waals surface area contributed by atoms with Crippen molar-refractivity contribution in [2.24, 2.45) is 5.92 Å². The molecule has 1 heterocycles. The number of amides is 2. The second-order valence-corrected chi connectivity index (χ2v) is 12.2. The molecule has 0 unspecified atom stereocenters. The fourth-order valence-corrected chi connectivity index (χ4v) is 6.24. The zero-order chi connectivity index (χ0) is 34.5. The normalized spacial score (nSPS) is 14.2. The molecule has 0 saturated carbocycles. The molecule has 0 fully saturated rings. The van der Waals surface area contributed by atoms with E-state index in [1.54, 1.807) is 33.6 Å². The van der Waals surface area contributed by atoms with Gasteiger partial charge in [0, 0.05) is 23.9 Å². The van der Waals surface area contributed by atoms with Gasteiger partial charge >= 0.3 is 0 Å². The summed E-state index contributed by atoms with van der Waals surface area (Å²) in [5.74, 6) is 1.72. The van der Waals surface area contributed by atoms with Crippen LogP contribution in [-0.2, 0) is 16.0 Å².